The SMILES string of the molecule is C=CC(=O)N(CC1CCCO1)C1CCC(C)CC1. The van der Waals surface area contributed by atoms with E-state index in [0.717, 1.165) is 44.8 Å². The molecule has 1 amide bonds. The second-order valence-corrected chi connectivity index (χ2v) is 5.74. The van der Waals surface area contributed by atoms with Gasteiger partial charge >= 0.3 is 0 Å². The van der Waals surface area contributed by atoms with Crippen molar-refractivity contribution < 1.29 is 9.53 Å². The van der Waals surface area contributed by atoms with Gasteiger partial charge in [0, 0.05) is 19.2 Å². The van der Waals surface area contributed by atoms with Crippen molar-refractivity contribution in [1.82, 2.24) is 4.90 Å². The second kappa shape index (κ2) is 6.37. The van der Waals surface area contributed by atoms with Crippen LogP contribution in [0.1, 0.15) is 45.4 Å². The topological polar surface area (TPSA) is 29.5 Å². The first-order valence-corrected chi connectivity index (χ1v) is 7.25. The maximum atomic E-state index is 12.0. The molecular weight excluding hydrogens is 226 g/mol. The predicted molar refractivity (Wildman–Crippen MR) is 72.3 cm³/mol. The average Bonchev–Trinajstić information content (AvgIpc) is 2.89. The van der Waals surface area contributed by atoms with Crippen molar-refractivity contribution in [3.8, 4) is 0 Å². The lowest BCUT2D eigenvalue weighted by Gasteiger charge is -2.36. The number of carbonyl (C=O) groups excluding carboxylic acids is 1. The lowest BCUT2D eigenvalue weighted by atomic mass is 9.86. The van der Waals surface area contributed by atoms with Crippen molar-refractivity contribution >= 4 is 5.91 Å². The van der Waals surface area contributed by atoms with Gasteiger partial charge in [-0.2, -0.15) is 0 Å². The largest absolute Gasteiger partial charge is 0.376 e. The molecule has 0 aromatic carbocycles. The number of hydrogen-bond donors (Lipinski definition) is 0. The molecule has 0 radical (unpaired) electrons. The third kappa shape index (κ3) is 3.35. The van der Waals surface area contributed by atoms with Crippen LogP contribution in [0.15, 0.2) is 12.7 Å². The van der Waals surface area contributed by atoms with Crippen LogP contribution in [0.4, 0.5) is 0 Å². The van der Waals surface area contributed by atoms with Gasteiger partial charge in [0.1, 0.15) is 0 Å². The molecule has 102 valence electrons. The fourth-order valence-electron chi connectivity index (χ4n) is 3.10. The van der Waals surface area contributed by atoms with Gasteiger partial charge in [-0.15, -0.1) is 0 Å². The number of nitrogens with zero attached hydrogens (tertiary/aromatic N) is 1. The fraction of sp³-hybridized carbons (Fsp3) is 0.800. The number of rotatable bonds is 4. The van der Waals surface area contributed by atoms with Crippen molar-refractivity contribution in [1.29, 1.82) is 0 Å². The molecule has 0 N–H and O–H groups in total. The summed E-state index contributed by atoms with van der Waals surface area (Å²) in [6.07, 6.45) is 8.64. The van der Waals surface area contributed by atoms with Gasteiger partial charge in [-0.3, -0.25) is 4.79 Å². The van der Waals surface area contributed by atoms with E-state index < -0.39 is 0 Å². The Balaban J connectivity index is 1.95. The Morgan fingerprint density at radius 3 is 2.61 bits per heavy atom. The summed E-state index contributed by atoms with van der Waals surface area (Å²) in [5, 5.41) is 0. The average molecular weight is 251 g/mol. The summed E-state index contributed by atoms with van der Waals surface area (Å²) in [4.78, 5) is 14.0. The minimum absolute atomic E-state index is 0.0741. The molecule has 3 heteroatoms. The van der Waals surface area contributed by atoms with E-state index in [1.54, 1.807) is 0 Å². The van der Waals surface area contributed by atoms with Crippen LogP contribution >= 0.6 is 0 Å². The predicted octanol–water partition coefficient (Wildman–Crippen LogP) is 2.76. The lowest BCUT2D eigenvalue weighted by molar-refractivity contribution is -0.131. The fourth-order valence-corrected chi connectivity index (χ4v) is 3.10. The molecule has 0 aromatic rings. The van der Waals surface area contributed by atoms with Gasteiger partial charge in [-0.25, -0.2) is 0 Å². The van der Waals surface area contributed by atoms with Crippen molar-refractivity contribution in [2.45, 2.75) is 57.6 Å². The number of ether oxygens (including phenoxy) is 1. The quantitative estimate of drug-likeness (QED) is 0.719. The van der Waals surface area contributed by atoms with Gasteiger partial charge in [0.25, 0.3) is 0 Å². The van der Waals surface area contributed by atoms with Gasteiger partial charge in [-0.05, 0) is 50.5 Å². The van der Waals surface area contributed by atoms with E-state index in [4.69, 9.17) is 4.74 Å². The second-order valence-electron chi connectivity index (χ2n) is 5.74. The van der Waals surface area contributed by atoms with Crippen LogP contribution in [-0.4, -0.2) is 36.1 Å². The molecule has 3 nitrogen and oxygen atoms in total. The van der Waals surface area contributed by atoms with E-state index in [1.807, 2.05) is 4.90 Å². The van der Waals surface area contributed by atoms with Crippen LogP contribution in [0, 0.1) is 5.92 Å². The van der Waals surface area contributed by atoms with Gasteiger partial charge in [0.2, 0.25) is 5.91 Å². The summed E-state index contributed by atoms with van der Waals surface area (Å²) in [6.45, 7) is 7.54. The molecular formula is C15H25NO2. The highest BCUT2D eigenvalue weighted by Crippen LogP contribution is 2.28. The molecule has 0 bridgehead atoms. The molecule has 0 spiro atoms. The summed E-state index contributed by atoms with van der Waals surface area (Å²) in [6, 6.07) is 0.399. The molecule has 1 aliphatic carbocycles. The highest BCUT2D eigenvalue weighted by atomic mass is 16.5. The zero-order chi connectivity index (χ0) is 13.0. The van der Waals surface area contributed by atoms with E-state index >= 15 is 0 Å². The zero-order valence-corrected chi connectivity index (χ0v) is 11.4. The first-order chi connectivity index (χ1) is 8.70. The Morgan fingerprint density at radius 1 is 1.33 bits per heavy atom. The molecule has 2 rings (SSSR count). The molecule has 2 aliphatic rings. The van der Waals surface area contributed by atoms with Crippen LogP contribution in [0.2, 0.25) is 0 Å². The van der Waals surface area contributed by atoms with E-state index in [2.05, 4.69) is 13.5 Å². The van der Waals surface area contributed by atoms with E-state index in [-0.39, 0.29) is 12.0 Å². The maximum Gasteiger partial charge on any atom is 0.246 e. The first kappa shape index (κ1) is 13.6. The first-order valence-electron chi connectivity index (χ1n) is 7.25. The normalized spacial score (nSPS) is 32.2. The van der Waals surface area contributed by atoms with Gasteiger partial charge < -0.3 is 9.64 Å². The third-order valence-electron chi connectivity index (χ3n) is 4.31. The van der Waals surface area contributed by atoms with Gasteiger partial charge in [0.05, 0.1) is 6.10 Å². The van der Waals surface area contributed by atoms with Crippen molar-refractivity contribution in [2.24, 2.45) is 5.92 Å². The van der Waals surface area contributed by atoms with Crippen LogP contribution in [0.3, 0.4) is 0 Å². The van der Waals surface area contributed by atoms with Crippen LogP contribution in [0.5, 0.6) is 0 Å². The van der Waals surface area contributed by atoms with E-state index in [1.165, 1.54) is 18.9 Å². The molecule has 0 aromatic heterocycles. The third-order valence-corrected chi connectivity index (χ3v) is 4.31. The number of hydrogen-bond acceptors (Lipinski definition) is 2. The molecule has 1 saturated heterocycles. The lowest BCUT2D eigenvalue weighted by Crippen LogP contribution is -2.45. The number of carbonyl (C=O) groups is 1. The maximum absolute atomic E-state index is 12.0. The highest BCUT2D eigenvalue weighted by Gasteiger charge is 2.29. The summed E-state index contributed by atoms with van der Waals surface area (Å²) in [5.74, 6) is 0.884. The minimum Gasteiger partial charge on any atom is -0.376 e. The molecule has 18 heavy (non-hydrogen) atoms. The van der Waals surface area contributed by atoms with Crippen LogP contribution < -0.4 is 0 Å². The smallest absolute Gasteiger partial charge is 0.246 e. The summed E-state index contributed by atoms with van der Waals surface area (Å²) in [7, 11) is 0. The monoisotopic (exact) mass is 251 g/mol. The Hall–Kier alpha value is -0.830. The summed E-state index contributed by atoms with van der Waals surface area (Å²) < 4.78 is 5.66. The van der Waals surface area contributed by atoms with Gasteiger partial charge in [-0.1, -0.05) is 13.5 Å². The molecule has 1 aliphatic heterocycles. The summed E-state index contributed by atoms with van der Waals surface area (Å²) in [5.41, 5.74) is 0. The highest BCUT2D eigenvalue weighted by molar-refractivity contribution is 5.87. The van der Waals surface area contributed by atoms with Crippen LogP contribution in [0.25, 0.3) is 0 Å². The Kier molecular flexibility index (Phi) is 4.81. The zero-order valence-electron chi connectivity index (χ0n) is 11.4. The number of amides is 1. The molecule has 1 heterocycles. The Morgan fingerprint density at radius 2 is 2.06 bits per heavy atom. The molecule has 1 saturated carbocycles. The van der Waals surface area contributed by atoms with E-state index in [9.17, 15) is 4.79 Å². The van der Waals surface area contributed by atoms with E-state index in [0.29, 0.717) is 6.04 Å². The summed E-state index contributed by atoms with van der Waals surface area (Å²) >= 11 is 0. The molecule has 1 unspecified atom stereocenters. The van der Waals surface area contributed by atoms with Gasteiger partial charge in [0.15, 0.2) is 0 Å². The Labute approximate surface area is 110 Å². The van der Waals surface area contributed by atoms with Crippen molar-refractivity contribution in [3.05, 3.63) is 12.7 Å². The molecule has 1 atom stereocenters. The Bertz CT molecular complexity index is 289. The van der Waals surface area contributed by atoms with Crippen molar-refractivity contribution in [3.63, 3.8) is 0 Å². The van der Waals surface area contributed by atoms with Crippen LogP contribution in [-0.2, 0) is 9.53 Å². The molecule has 2 fully saturated rings. The standard InChI is InChI=1S/C15H25NO2/c1-3-15(17)16(11-14-5-4-10-18-14)13-8-6-12(2)7-9-13/h3,12-14H,1,4-11H2,2H3. The minimum atomic E-state index is 0.0741. The van der Waals surface area contributed by atoms with Crippen molar-refractivity contribution in [2.75, 3.05) is 13.2 Å².